The molecular formula is C14H17N3O. The van der Waals surface area contributed by atoms with Crippen LogP contribution in [0.3, 0.4) is 0 Å². The van der Waals surface area contributed by atoms with E-state index in [0.717, 1.165) is 23.3 Å². The Morgan fingerprint density at radius 1 is 1.44 bits per heavy atom. The fourth-order valence-electron chi connectivity index (χ4n) is 2.20. The van der Waals surface area contributed by atoms with Crippen molar-refractivity contribution in [3.05, 3.63) is 30.1 Å². The Balaban J connectivity index is 2.44. The molecule has 4 heteroatoms. The lowest BCUT2D eigenvalue weighted by molar-refractivity contribution is 0.181. The molecule has 1 heterocycles. The lowest BCUT2D eigenvalue weighted by Crippen LogP contribution is -2.11. The van der Waals surface area contributed by atoms with Crippen molar-refractivity contribution in [2.24, 2.45) is 0 Å². The number of ether oxygens (including phenoxy) is 1. The number of imidazole rings is 1. The van der Waals surface area contributed by atoms with Gasteiger partial charge >= 0.3 is 0 Å². The molecule has 94 valence electrons. The molecule has 0 bridgehead atoms. The molecule has 2 aromatic rings. The van der Waals surface area contributed by atoms with E-state index in [0.29, 0.717) is 13.0 Å². The van der Waals surface area contributed by atoms with Crippen molar-refractivity contribution < 1.29 is 4.74 Å². The SMILES string of the molecule is COCCC(C)n1c(CC#N)nc2ccccc21. The van der Waals surface area contributed by atoms with Gasteiger partial charge in [0.25, 0.3) is 0 Å². The molecule has 1 atom stereocenters. The van der Waals surface area contributed by atoms with Crippen molar-refractivity contribution in [1.82, 2.24) is 9.55 Å². The summed E-state index contributed by atoms with van der Waals surface area (Å²) in [5.74, 6) is 0.835. The first-order valence-corrected chi connectivity index (χ1v) is 6.09. The number of nitrogens with zero attached hydrogens (tertiary/aromatic N) is 3. The molecule has 0 aliphatic rings. The largest absolute Gasteiger partial charge is 0.385 e. The van der Waals surface area contributed by atoms with E-state index in [1.807, 2.05) is 24.3 Å². The summed E-state index contributed by atoms with van der Waals surface area (Å²) in [7, 11) is 1.70. The Labute approximate surface area is 107 Å². The molecule has 4 nitrogen and oxygen atoms in total. The molecule has 0 saturated carbocycles. The van der Waals surface area contributed by atoms with Gasteiger partial charge in [0.05, 0.1) is 23.5 Å². The van der Waals surface area contributed by atoms with E-state index >= 15 is 0 Å². The average Bonchev–Trinajstić information content (AvgIpc) is 2.74. The normalized spacial score (nSPS) is 12.5. The van der Waals surface area contributed by atoms with Crippen LogP contribution in [0.15, 0.2) is 24.3 Å². The highest BCUT2D eigenvalue weighted by Crippen LogP contribution is 2.23. The third-order valence-electron chi connectivity index (χ3n) is 3.09. The molecule has 0 saturated heterocycles. The van der Waals surface area contributed by atoms with E-state index in [1.54, 1.807) is 7.11 Å². The van der Waals surface area contributed by atoms with Crippen LogP contribution in [0.4, 0.5) is 0 Å². The first-order chi connectivity index (χ1) is 8.77. The van der Waals surface area contributed by atoms with Crippen LogP contribution in [0.1, 0.15) is 25.2 Å². The molecule has 0 amide bonds. The van der Waals surface area contributed by atoms with E-state index in [9.17, 15) is 0 Å². The van der Waals surface area contributed by atoms with Crippen molar-refractivity contribution in [2.45, 2.75) is 25.8 Å². The minimum Gasteiger partial charge on any atom is -0.385 e. The number of nitriles is 1. The van der Waals surface area contributed by atoms with Gasteiger partial charge in [-0.1, -0.05) is 12.1 Å². The number of hydrogen-bond donors (Lipinski definition) is 0. The van der Waals surface area contributed by atoms with Gasteiger partial charge in [-0.2, -0.15) is 5.26 Å². The Kier molecular flexibility index (Phi) is 3.96. The summed E-state index contributed by atoms with van der Waals surface area (Å²) in [6.07, 6.45) is 1.25. The zero-order valence-corrected chi connectivity index (χ0v) is 10.8. The van der Waals surface area contributed by atoms with E-state index in [-0.39, 0.29) is 6.04 Å². The van der Waals surface area contributed by atoms with Crippen LogP contribution in [0.5, 0.6) is 0 Å². The van der Waals surface area contributed by atoms with Gasteiger partial charge in [-0.3, -0.25) is 0 Å². The standard InChI is InChI=1S/C14H17N3O/c1-11(8-10-18-2)17-13-6-4-3-5-12(13)16-14(17)7-9-15/h3-6,11H,7-8,10H2,1-2H3. The van der Waals surface area contributed by atoms with Gasteiger partial charge in [0.2, 0.25) is 0 Å². The Morgan fingerprint density at radius 2 is 2.22 bits per heavy atom. The smallest absolute Gasteiger partial charge is 0.124 e. The number of methoxy groups -OCH3 is 1. The van der Waals surface area contributed by atoms with Gasteiger partial charge in [-0.05, 0) is 25.5 Å². The summed E-state index contributed by atoms with van der Waals surface area (Å²) in [6, 6.07) is 10.5. The first-order valence-electron chi connectivity index (χ1n) is 6.09. The quantitative estimate of drug-likeness (QED) is 0.811. The van der Waals surface area contributed by atoms with Crippen molar-refractivity contribution >= 4 is 11.0 Å². The zero-order valence-electron chi connectivity index (χ0n) is 10.8. The monoisotopic (exact) mass is 243 g/mol. The number of para-hydroxylation sites is 2. The van der Waals surface area contributed by atoms with Gasteiger partial charge < -0.3 is 9.30 Å². The maximum Gasteiger partial charge on any atom is 0.124 e. The summed E-state index contributed by atoms with van der Waals surface area (Å²) in [6.45, 7) is 2.84. The van der Waals surface area contributed by atoms with Crippen molar-refractivity contribution in [3.8, 4) is 6.07 Å². The van der Waals surface area contributed by atoms with Crippen molar-refractivity contribution in [3.63, 3.8) is 0 Å². The van der Waals surface area contributed by atoms with Gasteiger partial charge in [0.15, 0.2) is 0 Å². The van der Waals surface area contributed by atoms with E-state index in [1.165, 1.54) is 0 Å². The highest BCUT2D eigenvalue weighted by Gasteiger charge is 2.14. The molecule has 0 radical (unpaired) electrons. The molecule has 1 unspecified atom stereocenters. The summed E-state index contributed by atoms with van der Waals surface area (Å²) >= 11 is 0. The lowest BCUT2D eigenvalue weighted by Gasteiger charge is -2.16. The summed E-state index contributed by atoms with van der Waals surface area (Å²) in [5.41, 5.74) is 2.04. The third-order valence-corrected chi connectivity index (χ3v) is 3.09. The van der Waals surface area contributed by atoms with Crippen molar-refractivity contribution in [1.29, 1.82) is 5.26 Å². The predicted octanol–water partition coefficient (Wildman–Crippen LogP) is 2.70. The highest BCUT2D eigenvalue weighted by atomic mass is 16.5. The Morgan fingerprint density at radius 3 is 2.94 bits per heavy atom. The van der Waals surface area contributed by atoms with E-state index < -0.39 is 0 Å². The Bertz CT molecular complexity index is 568. The number of benzene rings is 1. The predicted molar refractivity (Wildman–Crippen MR) is 70.3 cm³/mol. The zero-order chi connectivity index (χ0) is 13.0. The minimum absolute atomic E-state index is 0.278. The highest BCUT2D eigenvalue weighted by molar-refractivity contribution is 5.76. The summed E-state index contributed by atoms with van der Waals surface area (Å²) in [4.78, 5) is 4.53. The van der Waals surface area contributed by atoms with Crippen molar-refractivity contribution in [2.75, 3.05) is 13.7 Å². The van der Waals surface area contributed by atoms with Crippen LogP contribution in [0.25, 0.3) is 11.0 Å². The maximum atomic E-state index is 8.90. The molecule has 1 aromatic carbocycles. The van der Waals surface area contributed by atoms with Gasteiger partial charge in [0.1, 0.15) is 5.82 Å². The molecule has 0 fully saturated rings. The second kappa shape index (κ2) is 5.65. The van der Waals surface area contributed by atoms with Crippen LogP contribution >= 0.6 is 0 Å². The van der Waals surface area contributed by atoms with Crippen LogP contribution in [0.2, 0.25) is 0 Å². The van der Waals surface area contributed by atoms with Gasteiger partial charge in [0, 0.05) is 19.8 Å². The molecule has 1 aromatic heterocycles. The molecule has 18 heavy (non-hydrogen) atoms. The number of aromatic nitrogens is 2. The number of fused-ring (bicyclic) bond motifs is 1. The molecule has 0 aliphatic carbocycles. The number of hydrogen-bond acceptors (Lipinski definition) is 3. The van der Waals surface area contributed by atoms with Gasteiger partial charge in [-0.25, -0.2) is 4.98 Å². The van der Waals surface area contributed by atoms with Gasteiger partial charge in [-0.15, -0.1) is 0 Å². The van der Waals surface area contributed by atoms with E-state index in [2.05, 4.69) is 22.5 Å². The van der Waals surface area contributed by atoms with Crippen LogP contribution in [-0.4, -0.2) is 23.3 Å². The first kappa shape index (κ1) is 12.6. The van der Waals surface area contributed by atoms with E-state index in [4.69, 9.17) is 10.00 Å². The molecule has 2 rings (SSSR count). The molecule has 0 aliphatic heterocycles. The second-order valence-corrected chi connectivity index (χ2v) is 4.35. The molecule has 0 N–H and O–H groups in total. The Hall–Kier alpha value is -1.86. The third kappa shape index (κ3) is 2.36. The van der Waals surface area contributed by atoms with Crippen LogP contribution in [-0.2, 0) is 11.2 Å². The topological polar surface area (TPSA) is 50.8 Å². The lowest BCUT2D eigenvalue weighted by atomic mass is 10.2. The fraction of sp³-hybridized carbons (Fsp3) is 0.429. The summed E-state index contributed by atoms with van der Waals surface area (Å²) < 4.78 is 7.27. The summed E-state index contributed by atoms with van der Waals surface area (Å²) in [5, 5.41) is 8.90. The average molecular weight is 243 g/mol. The van der Waals surface area contributed by atoms with Crippen LogP contribution < -0.4 is 0 Å². The maximum absolute atomic E-state index is 8.90. The second-order valence-electron chi connectivity index (χ2n) is 4.35. The van der Waals surface area contributed by atoms with Crippen LogP contribution in [0, 0.1) is 11.3 Å². The molecule has 0 spiro atoms. The number of rotatable bonds is 5. The minimum atomic E-state index is 0.278. The fourth-order valence-corrected chi connectivity index (χ4v) is 2.20. The molecular weight excluding hydrogens is 226 g/mol.